The predicted octanol–water partition coefficient (Wildman–Crippen LogP) is 3.40. The first-order valence-electron chi connectivity index (χ1n) is 6.54. The number of aryl methyl sites for hydroxylation is 2. The molecule has 0 aliphatic rings. The van der Waals surface area contributed by atoms with Crippen molar-refractivity contribution < 1.29 is 14.6 Å². The van der Waals surface area contributed by atoms with Crippen molar-refractivity contribution >= 4 is 0 Å². The number of rotatable bonds is 4. The molecule has 0 bridgehead atoms. The Bertz CT molecular complexity index is 585. The maximum absolute atomic E-state index is 10.6. The Kier molecular flexibility index (Phi) is 4.30. The van der Waals surface area contributed by atoms with Gasteiger partial charge in [-0.3, -0.25) is 0 Å². The fourth-order valence-corrected chi connectivity index (χ4v) is 2.47. The topological polar surface area (TPSA) is 38.7 Å². The number of hydrogen-bond acceptors (Lipinski definition) is 3. The van der Waals surface area contributed by atoms with Crippen LogP contribution < -0.4 is 9.47 Å². The SMILES string of the molecule is COc1cccc(C(O)c2cc(C)cc(C)c2)c1OC. The van der Waals surface area contributed by atoms with Crippen molar-refractivity contribution in [1.29, 1.82) is 0 Å². The van der Waals surface area contributed by atoms with Crippen LogP contribution in [0.1, 0.15) is 28.4 Å². The van der Waals surface area contributed by atoms with Gasteiger partial charge >= 0.3 is 0 Å². The first kappa shape index (κ1) is 14.4. The van der Waals surface area contributed by atoms with E-state index in [1.54, 1.807) is 14.2 Å². The zero-order valence-electron chi connectivity index (χ0n) is 12.3. The largest absolute Gasteiger partial charge is 0.493 e. The van der Waals surface area contributed by atoms with Crippen LogP contribution in [0.3, 0.4) is 0 Å². The van der Waals surface area contributed by atoms with Crippen molar-refractivity contribution in [3.05, 3.63) is 58.7 Å². The van der Waals surface area contributed by atoms with E-state index in [-0.39, 0.29) is 0 Å². The zero-order valence-corrected chi connectivity index (χ0v) is 12.3. The average molecular weight is 272 g/mol. The summed E-state index contributed by atoms with van der Waals surface area (Å²) in [6, 6.07) is 11.6. The maximum atomic E-state index is 10.6. The molecule has 106 valence electrons. The lowest BCUT2D eigenvalue weighted by Gasteiger charge is -2.18. The lowest BCUT2D eigenvalue weighted by Crippen LogP contribution is -2.04. The van der Waals surface area contributed by atoms with Gasteiger partial charge in [-0.25, -0.2) is 0 Å². The summed E-state index contributed by atoms with van der Waals surface area (Å²) in [5.41, 5.74) is 3.81. The summed E-state index contributed by atoms with van der Waals surface area (Å²) in [6.45, 7) is 4.04. The third-order valence-corrected chi connectivity index (χ3v) is 3.29. The van der Waals surface area contributed by atoms with E-state index in [4.69, 9.17) is 9.47 Å². The normalized spacial score (nSPS) is 12.1. The highest BCUT2D eigenvalue weighted by atomic mass is 16.5. The second-order valence-electron chi connectivity index (χ2n) is 4.91. The molecule has 0 saturated carbocycles. The summed E-state index contributed by atoms with van der Waals surface area (Å²) >= 11 is 0. The Hall–Kier alpha value is -2.00. The smallest absolute Gasteiger partial charge is 0.166 e. The second kappa shape index (κ2) is 5.97. The number of benzene rings is 2. The third-order valence-electron chi connectivity index (χ3n) is 3.29. The molecule has 0 spiro atoms. The number of hydrogen-bond donors (Lipinski definition) is 1. The maximum Gasteiger partial charge on any atom is 0.166 e. The molecule has 1 atom stereocenters. The van der Waals surface area contributed by atoms with Crippen LogP contribution in [0.5, 0.6) is 11.5 Å². The number of para-hydroxylation sites is 1. The van der Waals surface area contributed by atoms with E-state index < -0.39 is 6.10 Å². The Labute approximate surface area is 119 Å². The van der Waals surface area contributed by atoms with Gasteiger partial charge in [-0.05, 0) is 25.5 Å². The molecule has 0 saturated heterocycles. The molecular formula is C17H20O3. The van der Waals surface area contributed by atoms with E-state index in [0.29, 0.717) is 17.1 Å². The van der Waals surface area contributed by atoms with Crippen LogP contribution in [0.15, 0.2) is 36.4 Å². The summed E-state index contributed by atoms with van der Waals surface area (Å²) in [7, 11) is 3.17. The molecule has 1 unspecified atom stereocenters. The van der Waals surface area contributed by atoms with Gasteiger partial charge < -0.3 is 14.6 Å². The van der Waals surface area contributed by atoms with E-state index in [1.165, 1.54) is 0 Å². The molecule has 2 rings (SSSR count). The van der Waals surface area contributed by atoms with Crippen LogP contribution in [-0.4, -0.2) is 19.3 Å². The molecular weight excluding hydrogens is 252 g/mol. The average Bonchev–Trinajstić information content (AvgIpc) is 2.44. The Morgan fingerprint density at radius 3 is 2.15 bits per heavy atom. The summed E-state index contributed by atoms with van der Waals surface area (Å²) in [4.78, 5) is 0. The van der Waals surface area contributed by atoms with Crippen LogP contribution in [0.25, 0.3) is 0 Å². The summed E-state index contributed by atoms with van der Waals surface area (Å²) < 4.78 is 10.7. The number of ether oxygens (including phenoxy) is 2. The van der Waals surface area contributed by atoms with Gasteiger partial charge in [0.15, 0.2) is 11.5 Å². The van der Waals surface area contributed by atoms with E-state index in [1.807, 2.05) is 44.2 Å². The zero-order chi connectivity index (χ0) is 14.7. The van der Waals surface area contributed by atoms with Gasteiger partial charge in [-0.15, -0.1) is 0 Å². The second-order valence-corrected chi connectivity index (χ2v) is 4.91. The molecule has 0 amide bonds. The van der Waals surface area contributed by atoms with Crippen molar-refractivity contribution in [3.63, 3.8) is 0 Å². The van der Waals surface area contributed by atoms with Gasteiger partial charge in [0.05, 0.1) is 14.2 Å². The van der Waals surface area contributed by atoms with Gasteiger partial charge in [-0.1, -0.05) is 41.5 Å². The summed E-state index contributed by atoms with van der Waals surface area (Å²) in [5, 5.41) is 10.6. The monoisotopic (exact) mass is 272 g/mol. The fraction of sp³-hybridized carbons (Fsp3) is 0.294. The van der Waals surface area contributed by atoms with Crippen LogP contribution in [0.4, 0.5) is 0 Å². The minimum Gasteiger partial charge on any atom is -0.493 e. The van der Waals surface area contributed by atoms with Gasteiger partial charge in [0.2, 0.25) is 0 Å². The molecule has 0 aliphatic heterocycles. The molecule has 0 aromatic heterocycles. The molecule has 2 aromatic rings. The van der Waals surface area contributed by atoms with Crippen LogP contribution in [0, 0.1) is 13.8 Å². The summed E-state index contributed by atoms with van der Waals surface area (Å²) in [5.74, 6) is 1.19. The first-order chi connectivity index (χ1) is 9.56. The first-order valence-corrected chi connectivity index (χ1v) is 6.54. The molecule has 0 heterocycles. The number of aliphatic hydroxyl groups is 1. The highest BCUT2D eigenvalue weighted by Gasteiger charge is 2.18. The van der Waals surface area contributed by atoms with E-state index >= 15 is 0 Å². The Morgan fingerprint density at radius 2 is 1.60 bits per heavy atom. The third kappa shape index (κ3) is 2.78. The van der Waals surface area contributed by atoms with Gasteiger partial charge in [0.1, 0.15) is 6.10 Å². The van der Waals surface area contributed by atoms with Gasteiger partial charge in [0, 0.05) is 5.56 Å². The van der Waals surface area contributed by atoms with Crippen LogP contribution in [0.2, 0.25) is 0 Å². The molecule has 1 N–H and O–H groups in total. The molecule has 0 radical (unpaired) electrons. The predicted molar refractivity (Wildman–Crippen MR) is 79.5 cm³/mol. The molecule has 0 aliphatic carbocycles. The lowest BCUT2D eigenvalue weighted by molar-refractivity contribution is 0.213. The standard InChI is InChI=1S/C17H20O3/c1-11-8-12(2)10-13(9-11)16(18)14-6-5-7-15(19-3)17(14)20-4/h5-10,16,18H,1-4H3. The highest BCUT2D eigenvalue weighted by molar-refractivity contribution is 5.50. The molecule has 3 heteroatoms. The molecule has 3 nitrogen and oxygen atoms in total. The van der Waals surface area contributed by atoms with Crippen molar-refractivity contribution in [3.8, 4) is 11.5 Å². The van der Waals surface area contributed by atoms with Crippen LogP contribution >= 0.6 is 0 Å². The number of aliphatic hydroxyl groups excluding tert-OH is 1. The van der Waals surface area contributed by atoms with Crippen LogP contribution in [-0.2, 0) is 0 Å². The van der Waals surface area contributed by atoms with E-state index in [0.717, 1.165) is 16.7 Å². The minimum absolute atomic E-state index is 0.571. The van der Waals surface area contributed by atoms with Crippen molar-refractivity contribution in [1.82, 2.24) is 0 Å². The highest BCUT2D eigenvalue weighted by Crippen LogP contribution is 2.37. The molecule has 0 fully saturated rings. The summed E-state index contributed by atoms with van der Waals surface area (Å²) in [6.07, 6.45) is -0.737. The van der Waals surface area contributed by atoms with Crippen molar-refractivity contribution in [2.24, 2.45) is 0 Å². The van der Waals surface area contributed by atoms with Gasteiger partial charge in [0.25, 0.3) is 0 Å². The van der Waals surface area contributed by atoms with Gasteiger partial charge in [-0.2, -0.15) is 0 Å². The molecule has 2 aromatic carbocycles. The molecule has 20 heavy (non-hydrogen) atoms. The van der Waals surface area contributed by atoms with E-state index in [9.17, 15) is 5.11 Å². The quantitative estimate of drug-likeness (QED) is 0.927. The minimum atomic E-state index is -0.737. The Balaban J connectivity index is 2.50. The lowest BCUT2D eigenvalue weighted by atomic mass is 9.97. The van der Waals surface area contributed by atoms with E-state index in [2.05, 4.69) is 6.07 Å². The Morgan fingerprint density at radius 1 is 0.950 bits per heavy atom. The van der Waals surface area contributed by atoms with Crippen molar-refractivity contribution in [2.45, 2.75) is 20.0 Å². The van der Waals surface area contributed by atoms with Crippen molar-refractivity contribution in [2.75, 3.05) is 14.2 Å². The number of methoxy groups -OCH3 is 2. The fourth-order valence-electron chi connectivity index (χ4n) is 2.47.